The minimum atomic E-state index is 0.122. The van der Waals surface area contributed by atoms with Gasteiger partial charge in [0.05, 0.1) is 6.42 Å². The molecule has 0 spiro atoms. The summed E-state index contributed by atoms with van der Waals surface area (Å²) in [6.45, 7) is 0.744. The first-order chi connectivity index (χ1) is 9.63. The third-order valence-corrected chi connectivity index (χ3v) is 4.10. The van der Waals surface area contributed by atoms with Crippen LogP contribution in [0.4, 0.5) is 11.4 Å². The average molecular weight is 331 g/mol. The van der Waals surface area contributed by atoms with Crippen molar-refractivity contribution in [3.63, 3.8) is 0 Å². The third kappa shape index (κ3) is 2.56. The number of carbonyl (C=O) groups excluding carboxylic acids is 1. The highest BCUT2D eigenvalue weighted by molar-refractivity contribution is 9.10. The summed E-state index contributed by atoms with van der Waals surface area (Å²) in [6.07, 6.45) is 1.32. The SMILES string of the molecule is Nc1ccc2c(c1)N(C(=O)Cc1ccc(Br)cc1)CC2. The molecule has 0 unspecified atom stereocenters. The van der Waals surface area contributed by atoms with Crippen molar-refractivity contribution in [2.75, 3.05) is 17.2 Å². The van der Waals surface area contributed by atoms with Crippen LogP contribution in [0.15, 0.2) is 46.9 Å². The quantitative estimate of drug-likeness (QED) is 0.859. The summed E-state index contributed by atoms with van der Waals surface area (Å²) in [6, 6.07) is 13.6. The molecule has 3 nitrogen and oxygen atoms in total. The number of carbonyl (C=O) groups is 1. The van der Waals surface area contributed by atoms with E-state index in [4.69, 9.17) is 5.73 Å². The van der Waals surface area contributed by atoms with E-state index in [-0.39, 0.29) is 5.91 Å². The van der Waals surface area contributed by atoms with Gasteiger partial charge in [-0.3, -0.25) is 4.79 Å². The topological polar surface area (TPSA) is 46.3 Å². The van der Waals surface area contributed by atoms with Crippen molar-refractivity contribution < 1.29 is 4.79 Å². The van der Waals surface area contributed by atoms with Crippen molar-refractivity contribution in [2.24, 2.45) is 0 Å². The number of rotatable bonds is 2. The molecule has 0 bridgehead atoms. The number of amides is 1. The maximum atomic E-state index is 12.4. The summed E-state index contributed by atoms with van der Waals surface area (Å²) in [4.78, 5) is 14.3. The second-order valence-corrected chi connectivity index (χ2v) is 5.90. The zero-order chi connectivity index (χ0) is 14.1. The average Bonchev–Trinajstić information content (AvgIpc) is 2.84. The second kappa shape index (κ2) is 5.29. The third-order valence-electron chi connectivity index (χ3n) is 3.57. The number of nitrogens with two attached hydrogens (primary N) is 1. The van der Waals surface area contributed by atoms with Gasteiger partial charge in [-0.05, 0) is 41.8 Å². The monoisotopic (exact) mass is 330 g/mol. The molecule has 102 valence electrons. The van der Waals surface area contributed by atoms with Crippen molar-refractivity contribution in [1.82, 2.24) is 0 Å². The van der Waals surface area contributed by atoms with E-state index in [0.717, 1.165) is 28.7 Å². The maximum absolute atomic E-state index is 12.4. The van der Waals surface area contributed by atoms with Gasteiger partial charge in [-0.15, -0.1) is 0 Å². The Hall–Kier alpha value is -1.81. The van der Waals surface area contributed by atoms with Gasteiger partial charge in [0, 0.05) is 22.4 Å². The molecule has 2 N–H and O–H groups in total. The number of fused-ring (bicyclic) bond motifs is 1. The normalized spacial score (nSPS) is 13.3. The van der Waals surface area contributed by atoms with Crippen LogP contribution < -0.4 is 10.6 Å². The lowest BCUT2D eigenvalue weighted by atomic mass is 10.1. The molecule has 2 aromatic carbocycles. The van der Waals surface area contributed by atoms with E-state index in [2.05, 4.69) is 15.9 Å². The number of hydrogen-bond acceptors (Lipinski definition) is 2. The minimum Gasteiger partial charge on any atom is -0.399 e. The fourth-order valence-corrected chi connectivity index (χ4v) is 2.79. The Balaban J connectivity index is 1.80. The van der Waals surface area contributed by atoms with E-state index >= 15 is 0 Å². The van der Waals surface area contributed by atoms with Gasteiger partial charge in [-0.1, -0.05) is 34.1 Å². The minimum absolute atomic E-state index is 0.122. The Morgan fingerprint density at radius 2 is 1.95 bits per heavy atom. The molecule has 0 saturated carbocycles. The molecule has 3 rings (SSSR count). The Bertz CT molecular complexity index is 652. The first-order valence-electron chi connectivity index (χ1n) is 6.57. The standard InChI is InChI=1S/C16H15BrN2O/c17-13-4-1-11(2-5-13)9-16(20)19-8-7-12-3-6-14(18)10-15(12)19/h1-6,10H,7-9,18H2. The van der Waals surface area contributed by atoms with Gasteiger partial charge in [0.25, 0.3) is 0 Å². The molecule has 1 amide bonds. The molecular weight excluding hydrogens is 316 g/mol. The number of halogens is 1. The lowest BCUT2D eigenvalue weighted by molar-refractivity contribution is -0.117. The number of nitrogen functional groups attached to an aromatic ring is 1. The summed E-state index contributed by atoms with van der Waals surface area (Å²) in [5, 5.41) is 0. The summed E-state index contributed by atoms with van der Waals surface area (Å²) < 4.78 is 1.02. The fraction of sp³-hybridized carbons (Fsp3) is 0.188. The van der Waals surface area contributed by atoms with Crippen LogP contribution >= 0.6 is 15.9 Å². The van der Waals surface area contributed by atoms with E-state index in [1.54, 1.807) is 0 Å². The zero-order valence-corrected chi connectivity index (χ0v) is 12.6. The molecule has 2 aromatic rings. The van der Waals surface area contributed by atoms with Crippen molar-refractivity contribution >= 4 is 33.2 Å². The number of benzene rings is 2. The Morgan fingerprint density at radius 1 is 1.20 bits per heavy atom. The van der Waals surface area contributed by atoms with E-state index < -0.39 is 0 Å². The van der Waals surface area contributed by atoms with Crippen molar-refractivity contribution in [3.8, 4) is 0 Å². The van der Waals surface area contributed by atoms with Crippen molar-refractivity contribution in [3.05, 3.63) is 58.1 Å². The number of anilines is 2. The molecule has 1 aliphatic rings. The van der Waals surface area contributed by atoms with Gasteiger partial charge in [0.1, 0.15) is 0 Å². The predicted molar refractivity (Wildman–Crippen MR) is 84.8 cm³/mol. The molecule has 0 fully saturated rings. The lowest BCUT2D eigenvalue weighted by Crippen LogP contribution is -2.30. The Morgan fingerprint density at radius 3 is 2.70 bits per heavy atom. The molecule has 1 heterocycles. The molecule has 20 heavy (non-hydrogen) atoms. The van der Waals surface area contributed by atoms with Crippen LogP contribution in [0.3, 0.4) is 0 Å². The lowest BCUT2D eigenvalue weighted by Gasteiger charge is -2.17. The molecule has 0 aromatic heterocycles. The first-order valence-corrected chi connectivity index (χ1v) is 7.36. The highest BCUT2D eigenvalue weighted by Crippen LogP contribution is 2.30. The second-order valence-electron chi connectivity index (χ2n) is 4.99. The molecular formula is C16H15BrN2O. The highest BCUT2D eigenvalue weighted by Gasteiger charge is 2.24. The Kier molecular flexibility index (Phi) is 3.49. The number of nitrogens with zero attached hydrogens (tertiary/aromatic N) is 1. The molecule has 1 aliphatic heterocycles. The van der Waals surface area contributed by atoms with Crippen LogP contribution in [0.25, 0.3) is 0 Å². The van der Waals surface area contributed by atoms with Crippen LogP contribution in [0.1, 0.15) is 11.1 Å². The smallest absolute Gasteiger partial charge is 0.231 e. The summed E-state index contributed by atoms with van der Waals surface area (Å²) in [7, 11) is 0. The maximum Gasteiger partial charge on any atom is 0.231 e. The van der Waals surface area contributed by atoms with E-state index in [0.29, 0.717) is 12.1 Å². The summed E-state index contributed by atoms with van der Waals surface area (Å²) >= 11 is 3.40. The summed E-state index contributed by atoms with van der Waals surface area (Å²) in [5.74, 6) is 0.122. The Labute approximate surface area is 126 Å². The van der Waals surface area contributed by atoms with Gasteiger partial charge in [-0.2, -0.15) is 0 Å². The van der Waals surface area contributed by atoms with Crippen LogP contribution in [0, 0.1) is 0 Å². The van der Waals surface area contributed by atoms with E-state index in [1.165, 1.54) is 5.56 Å². The van der Waals surface area contributed by atoms with Gasteiger partial charge in [-0.25, -0.2) is 0 Å². The van der Waals surface area contributed by atoms with Crippen molar-refractivity contribution in [2.45, 2.75) is 12.8 Å². The van der Waals surface area contributed by atoms with Gasteiger partial charge in [0.15, 0.2) is 0 Å². The van der Waals surface area contributed by atoms with Crippen LogP contribution in [-0.4, -0.2) is 12.5 Å². The first kappa shape index (κ1) is 13.2. The van der Waals surface area contributed by atoms with Gasteiger partial charge in [0.2, 0.25) is 5.91 Å². The van der Waals surface area contributed by atoms with E-state index in [9.17, 15) is 4.79 Å². The fourth-order valence-electron chi connectivity index (χ4n) is 2.53. The van der Waals surface area contributed by atoms with E-state index in [1.807, 2.05) is 47.4 Å². The van der Waals surface area contributed by atoms with Crippen LogP contribution in [0.5, 0.6) is 0 Å². The molecule has 0 aliphatic carbocycles. The molecule has 0 saturated heterocycles. The molecule has 0 radical (unpaired) electrons. The van der Waals surface area contributed by atoms with Crippen molar-refractivity contribution in [1.29, 1.82) is 0 Å². The van der Waals surface area contributed by atoms with Gasteiger partial charge < -0.3 is 10.6 Å². The van der Waals surface area contributed by atoms with Crippen LogP contribution in [0.2, 0.25) is 0 Å². The van der Waals surface area contributed by atoms with Gasteiger partial charge >= 0.3 is 0 Å². The van der Waals surface area contributed by atoms with Crippen LogP contribution in [-0.2, 0) is 17.6 Å². The molecule has 4 heteroatoms. The summed E-state index contributed by atoms with van der Waals surface area (Å²) in [5.41, 5.74) is 9.71. The molecule has 0 atom stereocenters. The zero-order valence-electron chi connectivity index (χ0n) is 11.0. The largest absolute Gasteiger partial charge is 0.399 e. The predicted octanol–water partition coefficient (Wildman–Crippen LogP) is 3.16. The number of hydrogen-bond donors (Lipinski definition) is 1. The highest BCUT2D eigenvalue weighted by atomic mass is 79.9.